The third-order valence-corrected chi connectivity index (χ3v) is 3.08. The molecule has 2 rings (SSSR count). The lowest BCUT2D eigenvalue weighted by atomic mass is 10.1. The topological polar surface area (TPSA) is 111 Å². The highest BCUT2D eigenvalue weighted by Crippen LogP contribution is 2.19. The number of nitrogens with zero attached hydrogens (tertiary/aromatic N) is 1. The van der Waals surface area contributed by atoms with E-state index < -0.39 is 22.5 Å². The van der Waals surface area contributed by atoms with Gasteiger partial charge in [0.25, 0.3) is 11.6 Å². The molecule has 0 radical (unpaired) electrons. The lowest BCUT2D eigenvalue weighted by molar-refractivity contribution is -0.384. The van der Waals surface area contributed by atoms with E-state index in [1.54, 1.807) is 45.0 Å². The van der Waals surface area contributed by atoms with Crippen molar-refractivity contribution in [3.05, 3.63) is 64.2 Å². The normalized spacial score (nSPS) is 10.7. The molecule has 2 N–H and O–H groups in total. The molecule has 0 spiro atoms. The summed E-state index contributed by atoms with van der Waals surface area (Å²) in [4.78, 5) is 34.4. The Balaban J connectivity index is 2.09. The maximum atomic E-state index is 12.3. The monoisotopic (exact) mass is 357 g/mol. The average molecular weight is 357 g/mol. The van der Waals surface area contributed by atoms with Crippen LogP contribution in [0, 0.1) is 10.1 Å². The number of carbonyl (C=O) groups is 2. The van der Waals surface area contributed by atoms with E-state index in [0.29, 0.717) is 11.4 Å². The van der Waals surface area contributed by atoms with E-state index in [2.05, 4.69) is 10.6 Å². The molecule has 8 nitrogen and oxygen atoms in total. The summed E-state index contributed by atoms with van der Waals surface area (Å²) in [6.45, 7) is 5.24. The Morgan fingerprint density at radius 2 is 1.62 bits per heavy atom. The van der Waals surface area contributed by atoms with Gasteiger partial charge in [0.1, 0.15) is 5.60 Å². The van der Waals surface area contributed by atoms with Crippen LogP contribution in [0.15, 0.2) is 48.5 Å². The number of rotatable bonds is 4. The van der Waals surface area contributed by atoms with Crippen molar-refractivity contribution in [3.8, 4) is 0 Å². The minimum Gasteiger partial charge on any atom is -0.444 e. The number of carbonyl (C=O) groups excluding carboxylic acids is 2. The number of hydrogen-bond donors (Lipinski definition) is 2. The fraction of sp³-hybridized carbons (Fsp3) is 0.222. The molecule has 2 aromatic rings. The molecule has 8 heteroatoms. The molecule has 0 atom stereocenters. The Bertz CT molecular complexity index is 843. The summed E-state index contributed by atoms with van der Waals surface area (Å²) >= 11 is 0. The van der Waals surface area contributed by atoms with Crippen LogP contribution in [0.1, 0.15) is 31.1 Å². The molecule has 0 unspecified atom stereocenters. The maximum Gasteiger partial charge on any atom is 0.412 e. The number of ether oxygens (including phenoxy) is 1. The van der Waals surface area contributed by atoms with E-state index >= 15 is 0 Å². The van der Waals surface area contributed by atoms with Crippen LogP contribution in [0.3, 0.4) is 0 Å². The van der Waals surface area contributed by atoms with E-state index in [9.17, 15) is 19.7 Å². The van der Waals surface area contributed by atoms with Crippen molar-refractivity contribution in [3.63, 3.8) is 0 Å². The van der Waals surface area contributed by atoms with Crippen LogP contribution >= 0.6 is 0 Å². The van der Waals surface area contributed by atoms with Crippen molar-refractivity contribution >= 4 is 29.1 Å². The third-order valence-electron chi connectivity index (χ3n) is 3.08. The Morgan fingerprint density at radius 1 is 1.00 bits per heavy atom. The van der Waals surface area contributed by atoms with Gasteiger partial charge in [-0.25, -0.2) is 4.79 Å². The highest BCUT2D eigenvalue weighted by Gasteiger charge is 2.17. The zero-order valence-corrected chi connectivity index (χ0v) is 14.6. The highest BCUT2D eigenvalue weighted by atomic mass is 16.6. The summed E-state index contributed by atoms with van der Waals surface area (Å²) in [5.41, 5.74) is 0.218. The summed E-state index contributed by atoms with van der Waals surface area (Å²) in [5.74, 6) is -0.460. The zero-order valence-electron chi connectivity index (χ0n) is 14.6. The first-order valence-electron chi connectivity index (χ1n) is 7.80. The number of amides is 2. The van der Waals surface area contributed by atoms with Crippen molar-refractivity contribution in [2.24, 2.45) is 0 Å². The fourth-order valence-electron chi connectivity index (χ4n) is 2.06. The van der Waals surface area contributed by atoms with Gasteiger partial charge in [-0.1, -0.05) is 12.1 Å². The summed E-state index contributed by atoms with van der Waals surface area (Å²) in [6, 6.07) is 11.9. The lowest BCUT2D eigenvalue weighted by Gasteiger charge is -2.19. The summed E-state index contributed by atoms with van der Waals surface area (Å²) in [5, 5.41) is 15.9. The SMILES string of the molecule is CC(C)(C)OC(=O)Nc1cccc(C(=O)Nc2cccc([N+](=O)[O-])c2)c1. The van der Waals surface area contributed by atoms with Crippen LogP contribution in [0.25, 0.3) is 0 Å². The molecule has 136 valence electrons. The van der Waals surface area contributed by atoms with Gasteiger partial charge < -0.3 is 10.1 Å². The first kappa shape index (κ1) is 18.9. The van der Waals surface area contributed by atoms with E-state index in [1.165, 1.54) is 24.3 Å². The van der Waals surface area contributed by atoms with E-state index in [0.717, 1.165) is 0 Å². The Morgan fingerprint density at radius 3 is 2.23 bits per heavy atom. The quantitative estimate of drug-likeness (QED) is 0.629. The predicted octanol–water partition coefficient (Wildman–Crippen LogP) is 4.19. The van der Waals surface area contributed by atoms with Crippen LogP contribution in [0.2, 0.25) is 0 Å². The molecule has 0 aliphatic carbocycles. The summed E-state index contributed by atoms with van der Waals surface area (Å²) < 4.78 is 5.16. The summed E-state index contributed by atoms with van der Waals surface area (Å²) in [6.07, 6.45) is -0.631. The van der Waals surface area contributed by atoms with Gasteiger partial charge in [0.05, 0.1) is 4.92 Å². The van der Waals surface area contributed by atoms with Crippen LogP contribution in [-0.4, -0.2) is 22.5 Å². The van der Waals surface area contributed by atoms with Crippen molar-refractivity contribution in [1.29, 1.82) is 0 Å². The number of nitro groups is 1. The molecule has 0 aliphatic rings. The number of benzene rings is 2. The number of nitrogens with one attached hydrogen (secondary N) is 2. The first-order chi connectivity index (χ1) is 12.1. The minimum atomic E-state index is -0.638. The average Bonchev–Trinajstić information content (AvgIpc) is 2.53. The largest absolute Gasteiger partial charge is 0.444 e. The Kier molecular flexibility index (Phi) is 5.56. The number of non-ortho nitro benzene ring substituents is 1. The molecule has 2 amide bonds. The molecule has 26 heavy (non-hydrogen) atoms. The molecular formula is C18H19N3O5. The van der Waals surface area contributed by atoms with Crippen molar-refractivity contribution < 1.29 is 19.2 Å². The van der Waals surface area contributed by atoms with Gasteiger partial charge in [0, 0.05) is 29.1 Å². The van der Waals surface area contributed by atoms with E-state index in [1.807, 2.05) is 0 Å². The van der Waals surface area contributed by atoms with Gasteiger partial charge in [-0.15, -0.1) is 0 Å². The van der Waals surface area contributed by atoms with Gasteiger partial charge >= 0.3 is 6.09 Å². The maximum absolute atomic E-state index is 12.3. The molecule has 0 heterocycles. The molecule has 0 aromatic heterocycles. The van der Waals surface area contributed by atoms with Gasteiger partial charge in [0.15, 0.2) is 0 Å². The Hall–Kier alpha value is -3.42. The van der Waals surface area contributed by atoms with Crippen molar-refractivity contribution in [1.82, 2.24) is 0 Å². The predicted molar refractivity (Wildman–Crippen MR) is 97.3 cm³/mol. The fourth-order valence-corrected chi connectivity index (χ4v) is 2.06. The van der Waals surface area contributed by atoms with Crippen molar-refractivity contribution in [2.75, 3.05) is 10.6 Å². The second-order valence-corrected chi connectivity index (χ2v) is 6.47. The van der Waals surface area contributed by atoms with Gasteiger partial charge in [-0.3, -0.25) is 20.2 Å². The zero-order chi connectivity index (χ0) is 19.3. The second-order valence-electron chi connectivity index (χ2n) is 6.47. The van der Waals surface area contributed by atoms with Gasteiger partial charge in [0.2, 0.25) is 0 Å². The molecular weight excluding hydrogens is 338 g/mol. The molecule has 0 fully saturated rings. The first-order valence-corrected chi connectivity index (χ1v) is 7.80. The van der Waals surface area contributed by atoms with Crippen LogP contribution < -0.4 is 10.6 Å². The smallest absolute Gasteiger partial charge is 0.412 e. The number of anilines is 2. The third kappa shape index (κ3) is 5.59. The molecule has 0 aliphatic heterocycles. The van der Waals surface area contributed by atoms with Gasteiger partial charge in [-0.05, 0) is 45.0 Å². The molecule has 0 bridgehead atoms. The van der Waals surface area contributed by atoms with E-state index in [-0.39, 0.29) is 11.3 Å². The van der Waals surface area contributed by atoms with Crippen LogP contribution in [0.4, 0.5) is 21.9 Å². The number of nitro benzene ring substituents is 1. The highest BCUT2D eigenvalue weighted by molar-refractivity contribution is 6.05. The summed E-state index contributed by atoms with van der Waals surface area (Å²) in [7, 11) is 0. The van der Waals surface area contributed by atoms with E-state index in [4.69, 9.17) is 4.74 Å². The Labute approximate surface area is 150 Å². The standard InChI is InChI=1S/C18H19N3O5/c1-18(2,3)26-17(23)20-13-7-4-6-12(10-13)16(22)19-14-8-5-9-15(11-14)21(24)25/h4-11H,1-3H3,(H,19,22)(H,20,23). The molecule has 2 aromatic carbocycles. The lowest BCUT2D eigenvalue weighted by Crippen LogP contribution is -2.27. The van der Waals surface area contributed by atoms with Gasteiger partial charge in [-0.2, -0.15) is 0 Å². The van der Waals surface area contributed by atoms with Crippen LogP contribution in [-0.2, 0) is 4.74 Å². The van der Waals surface area contributed by atoms with Crippen LogP contribution in [0.5, 0.6) is 0 Å². The number of hydrogen-bond acceptors (Lipinski definition) is 5. The minimum absolute atomic E-state index is 0.122. The molecule has 0 saturated heterocycles. The second kappa shape index (κ2) is 7.64. The van der Waals surface area contributed by atoms with Crippen molar-refractivity contribution in [2.45, 2.75) is 26.4 Å². The molecule has 0 saturated carbocycles.